The molecule has 2 heterocycles. The summed E-state index contributed by atoms with van der Waals surface area (Å²) >= 11 is 3.04. The van der Waals surface area contributed by atoms with Crippen LogP contribution in [0.4, 0.5) is 10.8 Å². The van der Waals surface area contributed by atoms with Gasteiger partial charge < -0.3 is 5.32 Å². The number of hydrogen-bond donors (Lipinski definition) is 2. The molecule has 2 aromatic rings. The molecule has 0 atom stereocenters. The fourth-order valence-corrected chi connectivity index (χ4v) is 3.54. The van der Waals surface area contributed by atoms with E-state index in [0.717, 1.165) is 15.5 Å². The van der Waals surface area contributed by atoms with Gasteiger partial charge in [-0.3, -0.25) is 14.9 Å². The number of thiazole rings is 1. The third kappa shape index (κ3) is 3.25. The van der Waals surface area contributed by atoms with Gasteiger partial charge in [0.05, 0.1) is 5.69 Å². The second-order valence-electron chi connectivity index (χ2n) is 4.59. The number of hydrogen-bond acceptors (Lipinski definition) is 5. The molecular weight excluding hydrogens is 306 g/mol. The molecule has 0 saturated carbocycles. The second-order valence-corrected chi connectivity index (χ2v) is 6.96. The Bertz CT molecular complexity index is 712. The summed E-state index contributed by atoms with van der Waals surface area (Å²) < 4.78 is 0. The van der Waals surface area contributed by atoms with E-state index >= 15 is 0 Å². The number of thioether (sulfide) groups is 1. The molecule has 2 N–H and O–H groups in total. The summed E-state index contributed by atoms with van der Waals surface area (Å²) in [4.78, 5) is 29.9. The fourth-order valence-electron chi connectivity index (χ4n) is 1.94. The molecule has 0 spiro atoms. The highest BCUT2D eigenvalue weighted by Crippen LogP contribution is 2.31. The van der Waals surface area contributed by atoms with Crippen LogP contribution in [0.3, 0.4) is 0 Å². The fraction of sp³-hybridized carbons (Fsp3) is 0.214. The summed E-state index contributed by atoms with van der Waals surface area (Å²) in [5.74, 6) is 0.507. The normalized spacial score (nSPS) is 14.0. The number of carbonyl (C=O) groups is 2. The predicted molar refractivity (Wildman–Crippen MR) is 85.2 cm³/mol. The molecule has 0 bridgehead atoms. The average Bonchev–Trinajstić information content (AvgIpc) is 2.75. The van der Waals surface area contributed by atoms with Crippen LogP contribution in [0.2, 0.25) is 0 Å². The lowest BCUT2D eigenvalue weighted by Crippen LogP contribution is -2.14. The van der Waals surface area contributed by atoms with Crippen molar-refractivity contribution in [3.63, 3.8) is 0 Å². The van der Waals surface area contributed by atoms with Crippen LogP contribution in [0, 0.1) is 6.92 Å². The molecule has 0 fully saturated rings. The van der Waals surface area contributed by atoms with E-state index in [1.165, 1.54) is 11.3 Å². The first kappa shape index (κ1) is 14.1. The molecule has 0 radical (unpaired) electrons. The van der Waals surface area contributed by atoms with E-state index in [4.69, 9.17) is 0 Å². The van der Waals surface area contributed by atoms with Gasteiger partial charge in [-0.05, 0) is 25.1 Å². The van der Waals surface area contributed by atoms with Crippen molar-refractivity contribution in [2.24, 2.45) is 0 Å². The Balaban J connectivity index is 1.82. The van der Waals surface area contributed by atoms with Crippen LogP contribution in [0.1, 0.15) is 21.7 Å². The number of aromatic nitrogens is 1. The van der Waals surface area contributed by atoms with Crippen molar-refractivity contribution in [1.29, 1.82) is 0 Å². The lowest BCUT2D eigenvalue weighted by Gasteiger charge is -2.08. The Labute approximate surface area is 130 Å². The molecule has 1 aromatic carbocycles. The van der Waals surface area contributed by atoms with Crippen LogP contribution in [-0.4, -0.2) is 22.6 Å². The molecular formula is C14H13N3O2S2. The molecule has 1 aromatic heterocycles. The maximum atomic E-state index is 12.2. The minimum absolute atomic E-state index is 0.0191. The minimum atomic E-state index is -0.226. The molecule has 1 aliphatic heterocycles. The van der Waals surface area contributed by atoms with Gasteiger partial charge in [0.2, 0.25) is 5.91 Å². The van der Waals surface area contributed by atoms with Gasteiger partial charge in [-0.2, -0.15) is 0 Å². The molecule has 21 heavy (non-hydrogen) atoms. The van der Waals surface area contributed by atoms with Crippen LogP contribution in [0.15, 0.2) is 29.3 Å². The maximum Gasteiger partial charge on any atom is 0.257 e. The van der Waals surface area contributed by atoms with Crippen molar-refractivity contribution in [3.05, 3.63) is 34.8 Å². The lowest BCUT2D eigenvalue weighted by molar-refractivity contribution is -0.115. The third-order valence-electron chi connectivity index (χ3n) is 2.94. The standard InChI is InChI=1S/C14H13N3O2S2/c1-8-7-15-14(21-8)17-13(19)9-2-3-11-10(6-9)16-12(18)4-5-20-11/h2-3,6-7H,4-5H2,1H3,(H,16,18)(H,15,17,19). The van der Waals surface area contributed by atoms with Crippen molar-refractivity contribution < 1.29 is 9.59 Å². The summed E-state index contributed by atoms with van der Waals surface area (Å²) in [6.45, 7) is 1.93. The van der Waals surface area contributed by atoms with E-state index in [-0.39, 0.29) is 11.8 Å². The van der Waals surface area contributed by atoms with Gasteiger partial charge in [-0.15, -0.1) is 23.1 Å². The van der Waals surface area contributed by atoms with Crippen LogP contribution < -0.4 is 10.6 Å². The zero-order valence-corrected chi connectivity index (χ0v) is 12.9. The van der Waals surface area contributed by atoms with Crippen molar-refractivity contribution in [2.75, 3.05) is 16.4 Å². The third-order valence-corrected chi connectivity index (χ3v) is 4.85. The topological polar surface area (TPSA) is 71.1 Å². The Hall–Kier alpha value is -1.86. The minimum Gasteiger partial charge on any atom is -0.325 e. The molecule has 1 aliphatic rings. The Morgan fingerprint density at radius 3 is 3.05 bits per heavy atom. The summed E-state index contributed by atoms with van der Waals surface area (Å²) in [7, 11) is 0. The SMILES string of the molecule is Cc1cnc(NC(=O)c2ccc3c(c2)NC(=O)CCS3)s1. The zero-order valence-electron chi connectivity index (χ0n) is 11.3. The van der Waals surface area contributed by atoms with E-state index in [1.807, 2.05) is 13.0 Å². The molecule has 5 nitrogen and oxygen atoms in total. The molecule has 0 aliphatic carbocycles. The second kappa shape index (κ2) is 5.87. The number of fused-ring (bicyclic) bond motifs is 1. The van der Waals surface area contributed by atoms with Crippen LogP contribution in [0.5, 0.6) is 0 Å². The first-order valence-electron chi connectivity index (χ1n) is 6.42. The van der Waals surface area contributed by atoms with Gasteiger partial charge >= 0.3 is 0 Å². The number of rotatable bonds is 2. The average molecular weight is 319 g/mol. The van der Waals surface area contributed by atoms with Gasteiger partial charge in [0.1, 0.15) is 0 Å². The number of nitrogens with zero attached hydrogens (tertiary/aromatic N) is 1. The molecule has 0 saturated heterocycles. The largest absolute Gasteiger partial charge is 0.325 e. The molecule has 2 amide bonds. The summed E-state index contributed by atoms with van der Waals surface area (Å²) in [6.07, 6.45) is 2.20. The number of amides is 2. The Kier molecular flexibility index (Phi) is 3.94. The highest BCUT2D eigenvalue weighted by molar-refractivity contribution is 7.99. The van der Waals surface area contributed by atoms with Gasteiger partial charge in [-0.25, -0.2) is 4.98 Å². The number of nitrogens with one attached hydrogen (secondary N) is 2. The predicted octanol–water partition coefficient (Wildman–Crippen LogP) is 3.14. The van der Waals surface area contributed by atoms with Gasteiger partial charge in [-0.1, -0.05) is 0 Å². The molecule has 108 valence electrons. The van der Waals surface area contributed by atoms with Gasteiger partial charge in [0, 0.05) is 33.7 Å². The highest BCUT2D eigenvalue weighted by Gasteiger charge is 2.16. The zero-order chi connectivity index (χ0) is 14.8. The van der Waals surface area contributed by atoms with Crippen molar-refractivity contribution in [3.8, 4) is 0 Å². The van der Waals surface area contributed by atoms with E-state index in [1.54, 1.807) is 30.1 Å². The maximum absolute atomic E-state index is 12.2. The van der Waals surface area contributed by atoms with Gasteiger partial charge in [0.15, 0.2) is 5.13 Å². The number of carbonyl (C=O) groups excluding carboxylic acids is 2. The smallest absolute Gasteiger partial charge is 0.257 e. The van der Waals surface area contributed by atoms with E-state index in [2.05, 4.69) is 15.6 Å². The lowest BCUT2D eigenvalue weighted by atomic mass is 10.2. The van der Waals surface area contributed by atoms with Crippen LogP contribution in [-0.2, 0) is 4.79 Å². The first-order valence-corrected chi connectivity index (χ1v) is 8.22. The Morgan fingerprint density at radius 2 is 2.29 bits per heavy atom. The van der Waals surface area contributed by atoms with Crippen LogP contribution in [0.25, 0.3) is 0 Å². The molecule has 3 rings (SSSR count). The number of anilines is 2. The van der Waals surface area contributed by atoms with Crippen LogP contribution >= 0.6 is 23.1 Å². The van der Waals surface area contributed by atoms with Crippen molar-refractivity contribution >= 4 is 45.7 Å². The number of benzene rings is 1. The van der Waals surface area contributed by atoms with Crippen molar-refractivity contribution in [2.45, 2.75) is 18.2 Å². The highest BCUT2D eigenvalue weighted by atomic mass is 32.2. The Morgan fingerprint density at radius 1 is 1.43 bits per heavy atom. The monoisotopic (exact) mass is 319 g/mol. The quantitative estimate of drug-likeness (QED) is 0.892. The summed E-state index contributed by atoms with van der Waals surface area (Å²) in [6, 6.07) is 5.34. The van der Waals surface area contributed by atoms with Gasteiger partial charge in [0.25, 0.3) is 5.91 Å². The number of aryl methyl sites for hydroxylation is 1. The van der Waals surface area contributed by atoms with E-state index in [0.29, 0.717) is 22.8 Å². The molecule has 7 heteroatoms. The van der Waals surface area contributed by atoms with E-state index in [9.17, 15) is 9.59 Å². The summed E-state index contributed by atoms with van der Waals surface area (Å²) in [5.41, 5.74) is 1.20. The first-order chi connectivity index (χ1) is 10.1. The molecule has 0 unspecified atom stereocenters. The van der Waals surface area contributed by atoms with Crippen molar-refractivity contribution in [1.82, 2.24) is 4.98 Å². The van der Waals surface area contributed by atoms with E-state index < -0.39 is 0 Å². The summed E-state index contributed by atoms with van der Waals surface area (Å²) in [5, 5.41) is 6.17.